The lowest BCUT2D eigenvalue weighted by molar-refractivity contribution is -0.119. The van der Waals surface area contributed by atoms with Crippen molar-refractivity contribution in [2.24, 2.45) is 40.4 Å². The first-order chi connectivity index (χ1) is 15.9. The van der Waals surface area contributed by atoms with Crippen LogP contribution in [0.2, 0.25) is 5.02 Å². The van der Waals surface area contributed by atoms with E-state index < -0.39 is 0 Å². The highest BCUT2D eigenvalue weighted by Crippen LogP contribution is 2.67. The van der Waals surface area contributed by atoms with E-state index in [1.807, 2.05) is 24.3 Å². The van der Waals surface area contributed by atoms with E-state index in [0.29, 0.717) is 22.3 Å². The zero-order chi connectivity index (χ0) is 23.1. The Kier molecular flexibility index (Phi) is 7.11. The summed E-state index contributed by atoms with van der Waals surface area (Å²) in [6.45, 7) is 5.32. The fourth-order valence-electron chi connectivity index (χ4n) is 9.08. The molecule has 0 saturated heterocycles. The summed E-state index contributed by atoms with van der Waals surface area (Å²) >= 11 is 7.55. The number of hydrogen-bond donors (Lipinski definition) is 1. The summed E-state index contributed by atoms with van der Waals surface area (Å²) in [7, 11) is 0. The van der Waals surface area contributed by atoms with Crippen molar-refractivity contribution in [3.05, 3.63) is 29.3 Å². The molecular weight excluding hydrogens is 446 g/mol. The molecule has 4 heteroatoms. The van der Waals surface area contributed by atoms with Crippen molar-refractivity contribution in [1.29, 1.82) is 0 Å². The highest BCUT2D eigenvalue weighted by atomic mass is 35.5. The average molecular weight is 488 g/mol. The van der Waals surface area contributed by atoms with Gasteiger partial charge in [0.15, 0.2) is 0 Å². The van der Waals surface area contributed by atoms with E-state index in [1.165, 1.54) is 82.6 Å². The van der Waals surface area contributed by atoms with Crippen LogP contribution in [0.15, 0.2) is 29.2 Å². The third kappa shape index (κ3) is 4.51. The summed E-state index contributed by atoms with van der Waals surface area (Å²) in [5, 5.41) is 0.694. The quantitative estimate of drug-likeness (QED) is 0.406. The number of carbonyl (C=O) groups excluding carboxylic acids is 1. The van der Waals surface area contributed by atoms with Crippen molar-refractivity contribution in [1.82, 2.24) is 4.72 Å². The summed E-state index contributed by atoms with van der Waals surface area (Å²) in [6.07, 6.45) is 17.5. The zero-order valence-electron chi connectivity index (χ0n) is 20.6. The standard InChI is InChI=1S/C29H42ClNOS/c1-28-18-6-5-8-20(28)13-15-22-23-16-14-21(29(23,2)19-17-24(22)28)9-7-12-27(32)31-33-26-11-4-3-10-25(26)30/h3-4,10-11,20-24H,5-9,12-19H2,1-2H3,(H,31,32). The van der Waals surface area contributed by atoms with Gasteiger partial charge in [0, 0.05) is 11.3 Å². The van der Waals surface area contributed by atoms with Crippen molar-refractivity contribution in [3.63, 3.8) is 0 Å². The van der Waals surface area contributed by atoms with Crippen LogP contribution in [0.3, 0.4) is 0 Å². The number of hydrogen-bond acceptors (Lipinski definition) is 2. The zero-order valence-corrected chi connectivity index (χ0v) is 22.2. The smallest absolute Gasteiger partial charge is 0.230 e. The second-order valence-corrected chi connectivity index (χ2v) is 13.4. The number of benzene rings is 1. The Morgan fingerprint density at radius 3 is 2.67 bits per heavy atom. The molecule has 1 aromatic carbocycles. The number of fused-ring (bicyclic) bond motifs is 5. The van der Waals surface area contributed by atoms with Crippen molar-refractivity contribution < 1.29 is 4.79 Å². The Morgan fingerprint density at radius 2 is 1.82 bits per heavy atom. The first-order valence-electron chi connectivity index (χ1n) is 13.6. The van der Waals surface area contributed by atoms with Gasteiger partial charge in [0.1, 0.15) is 0 Å². The average Bonchev–Trinajstić information content (AvgIpc) is 3.14. The van der Waals surface area contributed by atoms with Gasteiger partial charge in [-0.1, -0.05) is 50.4 Å². The van der Waals surface area contributed by atoms with Gasteiger partial charge in [-0.3, -0.25) is 9.52 Å². The highest BCUT2D eigenvalue weighted by Gasteiger charge is 2.59. The first-order valence-corrected chi connectivity index (χ1v) is 14.8. The van der Waals surface area contributed by atoms with Gasteiger partial charge in [-0.2, -0.15) is 0 Å². The van der Waals surface area contributed by atoms with Crippen molar-refractivity contribution in [3.8, 4) is 0 Å². The summed E-state index contributed by atoms with van der Waals surface area (Å²) in [4.78, 5) is 13.4. The maximum Gasteiger partial charge on any atom is 0.230 e. The van der Waals surface area contributed by atoms with E-state index in [-0.39, 0.29) is 5.91 Å². The first kappa shape index (κ1) is 24.0. The molecule has 4 saturated carbocycles. The summed E-state index contributed by atoms with van der Waals surface area (Å²) in [5.41, 5.74) is 1.15. The predicted molar refractivity (Wildman–Crippen MR) is 139 cm³/mol. The molecule has 1 N–H and O–H groups in total. The van der Waals surface area contributed by atoms with Gasteiger partial charge in [0.25, 0.3) is 0 Å². The van der Waals surface area contributed by atoms with E-state index in [2.05, 4.69) is 18.6 Å². The third-order valence-electron chi connectivity index (χ3n) is 10.8. The molecule has 0 aliphatic heterocycles. The molecule has 7 atom stereocenters. The Bertz CT molecular complexity index is 860. The number of amides is 1. The van der Waals surface area contributed by atoms with E-state index in [1.54, 1.807) is 0 Å². The molecule has 33 heavy (non-hydrogen) atoms. The monoisotopic (exact) mass is 487 g/mol. The topological polar surface area (TPSA) is 29.1 Å². The molecule has 2 nitrogen and oxygen atoms in total. The molecule has 5 rings (SSSR count). The Hall–Kier alpha value is -0.670. The minimum Gasteiger partial charge on any atom is -0.296 e. The van der Waals surface area contributed by atoms with Gasteiger partial charge in [-0.05, 0) is 129 Å². The fraction of sp³-hybridized carbons (Fsp3) is 0.759. The van der Waals surface area contributed by atoms with Crippen LogP contribution in [-0.4, -0.2) is 5.91 Å². The molecule has 0 aromatic heterocycles. The molecule has 0 spiro atoms. The molecule has 1 aromatic rings. The molecule has 4 aliphatic rings. The number of rotatable bonds is 6. The number of nitrogens with one attached hydrogen (secondary N) is 1. The molecule has 0 bridgehead atoms. The predicted octanol–water partition coefficient (Wildman–Crippen LogP) is 8.68. The SMILES string of the molecule is CC12CCCCC1CCC1C2CCC2(C)C(CCCC(=O)NSc3ccccc3Cl)CCC12. The van der Waals surface area contributed by atoms with Crippen LogP contribution in [0.4, 0.5) is 0 Å². The van der Waals surface area contributed by atoms with Crippen molar-refractivity contribution in [2.45, 2.75) is 102 Å². The fourth-order valence-corrected chi connectivity index (χ4v) is 9.97. The summed E-state index contributed by atoms with van der Waals surface area (Å²) in [5.74, 6) is 4.85. The van der Waals surface area contributed by atoms with Gasteiger partial charge >= 0.3 is 0 Å². The lowest BCUT2D eigenvalue weighted by Crippen LogP contribution is -2.52. The van der Waals surface area contributed by atoms with Crippen LogP contribution >= 0.6 is 23.5 Å². The third-order valence-corrected chi connectivity index (χ3v) is 12.2. The number of halogens is 1. The van der Waals surface area contributed by atoms with Gasteiger partial charge < -0.3 is 0 Å². The van der Waals surface area contributed by atoms with Crippen LogP contribution in [-0.2, 0) is 4.79 Å². The van der Waals surface area contributed by atoms with Crippen LogP contribution in [0.1, 0.15) is 97.3 Å². The van der Waals surface area contributed by atoms with E-state index >= 15 is 0 Å². The normalized spacial score (nSPS) is 39.9. The minimum absolute atomic E-state index is 0.131. The maximum absolute atomic E-state index is 12.4. The Balaban J connectivity index is 1.14. The highest BCUT2D eigenvalue weighted by molar-refractivity contribution is 7.98. The molecule has 0 heterocycles. The Morgan fingerprint density at radius 1 is 1.00 bits per heavy atom. The molecule has 1 amide bonds. The molecular formula is C29H42ClNOS. The molecule has 7 unspecified atom stereocenters. The van der Waals surface area contributed by atoms with Crippen LogP contribution in [0, 0.1) is 40.4 Å². The van der Waals surface area contributed by atoms with Crippen LogP contribution in [0.25, 0.3) is 0 Å². The van der Waals surface area contributed by atoms with Crippen LogP contribution in [0.5, 0.6) is 0 Å². The molecule has 4 aliphatic carbocycles. The van der Waals surface area contributed by atoms with Crippen LogP contribution < -0.4 is 4.72 Å². The minimum atomic E-state index is 0.131. The van der Waals surface area contributed by atoms with E-state index in [9.17, 15) is 4.79 Å². The lowest BCUT2D eigenvalue weighted by Gasteiger charge is -2.60. The van der Waals surface area contributed by atoms with Gasteiger partial charge in [0.2, 0.25) is 5.91 Å². The summed E-state index contributed by atoms with van der Waals surface area (Å²) in [6, 6.07) is 7.68. The largest absolute Gasteiger partial charge is 0.296 e. The second kappa shape index (κ2) is 9.76. The molecule has 182 valence electrons. The van der Waals surface area contributed by atoms with Gasteiger partial charge in [-0.15, -0.1) is 0 Å². The Labute approximate surface area is 210 Å². The lowest BCUT2D eigenvalue weighted by atomic mass is 9.45. The van der Waals surface area contributed by atoms with Crippen molar-refractivity contribution in [2.75, 3.05) is 0 Å². The second-order valence-electron chi connectivity index (χ2n) is 12.2. The van der Waals surface area contributed by atoms with E-state index in [0.717, 1.165) is 40.9 Å². The van der Waals surface area contributed by atoms with Gasteiger partial charge in [-0.25, -0.2) is 0 Å². The summed E-state index contributed by atoms with van der Waals surface area (Å²) < 4.78 is 2.99. The molecule has 4 fully saturated rings. The van der Waals surface area contributed by atoms with Crippen molar-refractivity contribution >= 4 is 29.5 Å². The maximum atomic E-state index is 12.4. The van der Waals surface area contributed by atoms with Gasteiger partial charge in [0.05, 0.1) is 5.02 Å². The number of carbonyl (C=O) groups is 1. The molecule has 0 radical (unpaired) electrons. The van der Waals surface area contributed by atoms with E-state index in [4.69, 9.17) is 11.6 Å².